The van der Waals surface area contributed by atoms with E-state index in [1.807, 2.05) is 38.1 Å². The number of nitrogens with zero attached hydrogens (tertiary/aromatic N) is 2. The van der Waals surface area contributed by atoms with E-state index < -0.39 is 12.1 Å². The fourth-order valence-electron chi connectivity index (χ4n) is 1.95. The van der Waals surface area contributed by atoms with Crippen molar-refractivity contribution >= 4 is 0 Å². The van der Waals surface area contributed by atoms with E-state index in [-0.39, 0.29) is 11.7 Å². The van der Waals surface area contributed by atoms with Crippen LogP contribution in [0.5, 0.6) is 5.75 Å². The molecule has 6 heteroatoms. The molecule has 1 aromatic carbocycles. The second kappa shape index (κ2) is 6.69. The molecule has 0 aliphatic carbocycles. The summed E-state index contributed by atoms with van der Waals surface area (Å²) < 4.78 is 10.3. The van der Waals surface area contributed by atoms with Gasteiger partial charge in [-0.3, -0.25) is 0 Å². The largest absolute Gasteiger partial charge is 0.497 e. The molecule has 0 fully saturated rings. The first kappa shape index (κ1) is 15.5. The Kier molecular flexibility index (Phi) is 4.93. The number of aliphatic hydroxyl groups excluding tert-OH is 1. The quantitative estimate of drug-likeness (QED) is 0.841. The molecule has 3 N–H and O–H groups in total. The van der Waals surface area contributed by atoms with Gasteiger partial charge >= 0.3 is 0 Å². The molecule has 1 aromatic heterocycles. The van der Waals surface area contributed by atoms with Crippen molar-refractivity contribution < 1.29 is 14.4 Å². The van der Waals surface area contributed by atoms with Gasteiger partial charge in [0.1, 0.15) is 11.9 Å². The Balaban J connectivity index is 2.09. The summed E-state index contributed by atoms with van der Waals surface area (Å²) in [6.07, 6.45) is -0.443. The standard InChI is InChI=1S/C15H21N3O3/c1-9(2)13(16)14(19)15-17-12(21-18-15)8-10-5-4-6-11(7-10)20-3/h4-7,9,13-14,19H,8,16H2,1-3H3/t13-,14?/m0/s1. The van der Waals surface area contributed by atoms with Crippen molar-refractivity contribution in [1.82, 2.24) is 10.1 Å². The molecule has 1 unspecified atom stereocenters. The summed E-state index contributed by atoms with van der Waals surface area (Å²) in [6, 6.07) is 7.19. The minimum Gasteiger partial charge on any atom is -0.497 e. The molecule has 6 nitrogen and oxygen atoms in total. The molecule has 0 aliphatic heterocycles. The lowest BCUT2D eigenvalue weighted by Gasteiger charge is -2.18. The third kappa shape index (κ3) is 3.80. The van der Waals surface area contributed by atoms with Gasteiger partial charge in [0.25, 0.3) is 0 Å². The molecule has 1 heterocycles. The summed E-state index contributed by atoms with van der Waals surface area (Å²) in [5, 5.41) is 13.9. The molecule has 0 radical (unpaired) electrons. The predicted octanol–water partition coefficient (Wildman–Crippen LogP) is 1.69. The first-order valence-electron chi connectivity index (χ1n) is 6.90. The lowest BCUT2D eigenvalue weighted by atomic mass is 9.99. The monoisotopic (exact) mass is 291 g/mol. The van der Waals surface area contributed by atoms with Crippen LogP contribution in [0.25, 0.3) is 0 Å². The zero-order chi connectivity index (χ0) is 15.4. The van der Waals surface area contributed by atoms with E-state index in [2.05, 4.69) is 10.1 Å². The second-order valence-electron chi connectivity index (χ2n) is 5.34. The van der Waals surface area contributed by atoms with Gasteiger partial charge in [-0.05, 0) is 23.6 Å². The number of methoxy groups -OCH3 is 1. The fourth-order valence-corrected chi connectivity index (χ4v) is 1.95. The maximum atomic E-state index is 10.1. The molecule has 2 rings (SSSR count). The molecule has 0 amide bonds. The van der Waals surface area contributed by atoms with Crippen LogP contribution in [0.3, 0.4) is 0 Å². The van der Waals surface area contributed by atoms with Crippen LogP contribution in [0.2, 0.25) is 0 Å². The molecule has 2 atom stereocenters. The number of aromatic nitrogens is 2. The van der Waals surface area contributed by atoms with Crippen molar-refractivity contribution in [3.05, 3.63) is 41.5 Å². The van der Waals surface area contributed by atoms with Crippen molar-refractivity contribution in [1.29, 1.82) is 0 Å². The third-order valence-electron chi connectivity index (χ3n) is 3.37. The van der Waals surface area contributed by atoms with E-state index in [1.54, 1.807) is 7.11 Å². The fraction of sp³-hybridized carbons (Fsp3) is 0.467. The maximum Gasteiger partial charge on any atom is 0.231 e. The summed E-state index contributed by atoms with van der Waals surface area (Å²) in [5.74, 6) is 1.57. The number of hydrogen-bond acceptors (Lipinski definition) is 6. The minimum absolute atomic E-state index is 0.125. The Morgan fingerprint density at radius 1 is 1.38 bits per heavy atom. The number of hydrogen-bond donors (Lipinski definition) is 2. The van der Waals surface area contributed by atoms with Crippen molar-refractivity contribution in [2.45, 2.75) is 32.4 Å². The lowest BCUT2D eigenvalue weighted by Crippen LogP contribution is -2.34. The Bertz CT molecular complexity index is 583. The van der Waals surface area contributed by atoms with Gasteiger partial charge in [0.05, 0.1) is 13.5 Å². The number of benzene rings is 1. The average molecular weight is 291 g/mol. The number of aliphatic hydroxyl groups is 1. The van der Waals surface area contributed by atoms with Crippen LogP contribution in [-0.2, 0) is 6.42 Å². The highest BCUT2D eigenvalue weighted by atomic mass is 16.5. The van der Waals surface area contributed by atoms with Gasteiger partial charge in [-0.2, -0.15) is 4.98 Å². The van der Waals surface area contributed by atoms with E-state index in [1.165, 1.54) is 0 Å². The van der Waals surface area contributed by atoms with E-state index >= 15 is 0 Å². The van der Waals surface area contributed by atoms with E-state index in [0.717, 1.165) is 11.3 Å². The van der Waals surface area contributed by atoms with E-state index in [0.29, 0.717) is 12.3 Å². The number of ether oxygens (including phenoxy) is 1. The minimum atomic E-state index is -0.923. The predicted molar refractivity (Wildman–Crippen MR) is 77.9 cm³/mol. The highest BCUT2D eigenvalue weighted by molar-refractivity contribution is 5.29. The van der Waals surface area contributed by atoms with Gasteiger partial charge in [-0.25, -0.2) is 0 Å². The molecule has 0 saturated heterocycles. The Labute approximate surface area is 123 Å². The summed E-state index contributed by atoms with van der Waals surface area (Å²) in [4.78, 5) is 4.22. The molecule has 21 heavy (non-hydrogen) atoms. The highest BCUT2D eigenvalue weighted by Crippen LogP contribution is 2.19. The average Bonchev–Trinajstić information content (AvgIpc) is 2.94. The summed E-state index contributed by atoms with van der Waals surface area (Å²) in [7, 11) is 1.62. The molecule has 0 saturated carbocycles. The highest BCUT2D eigenvalue weighted by Gasteiger charge is 2.24. The van der Waals surface area contributed by atoms with Gasteiger partial charge < -0.3 is 20.1 Å². The zero-order valence-electron chi connectivity index (χ0n) is 12.5. The maximum absolute atomic E-state index is 10.1. The first-order chi connectivity index (χ1) is 10.0. The van der Waals surface area contributed by atoms with Crippen molar-refractivity contribution in [2.75, 3.05) is 7.11 Å². The summed E-state index contributed by atoms with van der Waals surface area (Å²) >= 11 is 0. The van der Waals surface area contributed by atoms with E-state index in [4.69, 9.17) is 15.0 Å². The number of rotatable bonds is 6. The van der Waals surface area contributed by atoms with Crippen molar-refractivity contribution in [2.24, 2.45) is 11.7 Å². The second-order valence-corrected chi connectivity index (χ2v) is 5.34. The van der Waals surface area contributed by atoms with Crippen LogP contribution in [0.15, 0.2) is 28.8 Å². The molecule has 0 bridgehead atoms. The van der Waals surface area contributed by atoms with Crippen LogP contribution in [0.4, 0.5) is 0 Å². The molecular formula is C15H21N3O3. The van der Waals surface area contributed by atoms with E-state index in [9.17, 15) is 5.11 Å². The van der Waals surface area contributed by atoms with Crippen LogP contribution in [-0.4, -0.2) is 28.4 Å². The third-order valence-corrected chi connectivity index (χ3v) is 3.37. The molecule has 0 spiro atoms. The molecule has 114 valence electrons. The van der Waals surface area contributed by atoms with Crippen LogP contribution >= 0.6 is 0 Å². The first-order valence-corrected chi connectivity index (χ1v) is 6.90. The van der Waals surface area contributed by atoms with Crippen LogP contribution < -0.4 is 10.5 Å². The van der Waals surface area contributed by atoms with Gasteiger partial charge in [0.2, 0.25) is 11.7 Å². The van der Waals surface area contributed by atoms with Crippen LogP contribution in [0.1, 0.15) is 37.2 Å². The van der Waals surface area contributed by atoms with Crippen molar-refractivity contribution in [3.8, 4) is 5.75 Å². The van der Waals surface area contributed by atoms with Gasteiger partial charge in [0.15, 0.2) is 0 Å². The normalized spacial score (nSPS) is 14.2. The van der Waals surface area contributed by atoms with Crippen LogP contribution in [0, 0.1) is 5.92 Å². The SMILES string of the molecule is COc1cccc(Cc2nc(C(O)[C@@H](N)C(C)C)no2)c1. The smallest absolute Gasteiger partial charge is 0.231 e. The molecular weight excluding hydrogens is 270 g/mol. The molecule has 2 aromatic rings. The molecule has 0 aliphatic rings. The lowest BCUT2D eigenvalue weighted by molar-refractivity contribution is 0.114. The van der Waals surface area contributed by atoms with Gasteiger partial charge in [-0.15, -0.1) is 0 Å². The van der Waals surface area contributed by atoms with Crippen molar-refractivity contribution in [3.63, 3.8) is 0 Å². The number of nitrogens with two attached hydrogens (primary N) is 1. The zero-order valence-corrected chi connectivity index (χ0v) is 12.5. The summed E-state index contributed by atoms with van der Waals surface area (Å²) in [6.45, 7) is 3.87. The Morgan fingerprint density at radius 3 is 2.81 bits per heavy atom. The Morgan fingerprint density at radius 2 is 2.14 bits per heavy atom. The van der Waals surface area contributed by atoms with Gasteiger partial charge in [-0.1, -0.05) is 31.1 Å². The topological polar surface area (TPSA) is 94.4 Å². The van der Waals surface area contributed by atoms with Gasteiger partial charge in [0, 0.05) is 6.04 Å². The summed E-state index contributed by atoms with van der Waals surface area (Å²) in [5.41, 5.74) is 6.90. The Hall–Kier alpha value is -1.92.